The molecule has 1 saturated heterocycles. The minimum absolute atomic E-state index is 0.0662. The molecule has 0 unspecified atom stereocenters. The van der Waals surface area contributed by atoms with Crippen LogP contribution in [0.15, 0.2) is 12.1 Å². The number of amides is 2. The summed E-state index contributed by atoms with van der Waals surface area (Å²) in [7, 11) is 0. The molecule has 0 aliphatic carbocycles. The molecule has 3 rings (SSSR count). The Balaban J connectivity index is 1.63. The third-order valence-corrected chi connectivity index (χ3v) is 4.61. The van der Waals surface area contributed by atoms with Crippen molar-refractivity contribution >= 4 is 27.6 Å². The fraction of sp³-hybridized carbons (Fsp3) is 0.467. The summed E-state index contributed by atoms with van der Waals surface area (Å²) >= 11 is 1.13. The second-order valence-electron chi connectivity index (χ2n) is 5.35. The van der Waals surface area contributed by atoms with E-state index in [1.807, 2.05) is 6.92 Å². The van der Waals surface area contributed by atoms with E-state index in [1.165, 1.54) is 6.07 Å². The molecule has 1 aromatic carbocycles. The summed E-state index contributed by atoms with van der Waals surface area (Å²) in [5.41, 5.74) is 0.131. The first-order valence-corrected chi connectivity index (χ1v) is 8.33. The standard InChI is InChI=1S/C15H17F2N3O2S/c1-2-18-14(21)20-5-3-10(4-6-20)22-15-19-13-11(17)7-9(16)8-12(13)23-15/h7-8,10H,2-6H2,1H3,(H,18,21). The zero-order chi connectivity index (χ0) is 16.4. The summed E-state index contributed by atoms with van der Waals surface area (Å²) in [4.78, 5) is 17.6. The molecule has 0 radical (unpaired) electrons. The van der Waals surface area contributed by atoms with Gasteiger partial charge < -0.3 is 15.0 Å². The molecule has 1 fully saturated rings. The molecule has 5 nitrogen and oxygen atoms in total. The summed E-state index contributed by atoms with van der Waals surface area (Å²) in [6, 6.07) is 2.00. The first-order valence-electron chi connectivity index (χ1n) is 7.52. The van der Waals surface area contributed by atoms with Crippen LogP contribution in [0.25, 0.3) is 10.2 Å². The van der Waals surface area contributed by atoms with Gasteiger partial charge in [0.1, 0.15) is 17.4 Å². The third kappa shape index (κ3) is 3.52. The molecule has 1 aliphatic rings. The molecule has 2 aromatic rings. The molecule has 0 saturated carbocycles. The largest absolute Gasteiger partial charge is 0.467 e. The van der Waals surface area contributed by atoms with Crippen molar-refractivity contribution in [3.63, 3.8) is 0 Å². The van der Waals surface area contributed by atoms with Gasteiger partial charge in [0.15, 0.2) is 5.82 Å². The molecule has 1 N–H and O–H groups in total. The Kier molecular flexibility index (Phi) is 4.61. The predicted molar refractivity (Wildman–Crippen MR) is 83.8 cm³/mol. The van der Waals surface area contributed by atoms with Crippen molar-refractivity contribution < 1.29 is 18.3 Å². The SMILES string of the molecule is CCNC(=O)N1CCC(Oc2nc3c(F)cc(F)cc3s2)CC1. The minimum Gasteiger partial charge on any atom is -0.467 e. The van der Waals surface area contributed by atoms with Gasteiger partial charge in [0.05, 0.1) is 4.70 Å². The molecule has 124 valence electrons. The maximum atomic E-state index is 13.6. The number of carbonyl (C=O) groups is 1. The Labute approximate surface area is 136 Å². The van der Waals surface area contributed by atoms with E-state index < -0.39 is 11.6 Å². The second kappa shape index (κ2) is 6.66. The van der Waals surface area contributed by atoms with Gasteiger partial charge in [-0.1, -0.05) is 11.3 Å². The van der Waals surface area contributed by atoms with Gasteiger partial charge in [-0.2, -0.15) is 4.98 Å². The van der Waals surface area contributed by atoms with Crippen LogP contribution in [0.1, 0.15) is 19.8 Å². The van der Waals surface area contributed by atoms with Crippen LogP contribution in [0.4, 0.5) is 13.6 Å². The molecule has 0 bridgehead atoms. The summed E-state index contributed by atoms with van der Waals surface area (Å²) in [6.07, 6.45) is 1.29. The lowest BCUT2D eigenvalue weighted by molar-refractivity contribution is 0.111. The molecule has 1 aliphatic heterocycles. The topological polar surface area (TPSA) is 54.5 Å². The van der Waals surface area contributed by atoms with E-state index >= 15 is 0 Å². The quantitative estimate of drug-likeness (QED) is 0.933. The van der Waals surface area contributed by atoms with E-state index in [0.29, 0.717) is 42.4 Å². The third-order valence-electron chi connectivity index (χ3n) is 3.72. The molecule has 2 heterocycles. The number of carbonyl (C=O) groups excluding carboxylic acids is 1. The lowest BCUT2D eigenvalue weighted by Gasteiger charge is -2.31. The Morgan fingerprint density at radius 1 is 1.43 bits per heavy atom. The number of thiazole rings is 1. The second-order valence-corrected chi connectivity index (χ2v) is 6.35. The maximum absolute atomic E-state index is 13.6. The van der Waals surface area contributed by atoms with Gasteiger partial charge in [-0.15, -0.1) is 0 Å². The lowest BCUT2D eigenvalue weighted by atomic mass is 10.1. The molecule has 23 heavy (non-hydrogen) atoms. The Morgan fingerprint density at radius 2 is 2.17 bits per heavy atom. The van der Waals surface area contributed by atoms with Gasteiger partial charge in [-0.3, -0.25) is 0 Å². The van der Waals surface area contributed by atoms with Crippen molar-refractivity contribution in [1.82, 2.24) is 15.2 Å². The highest BCUT2D eigenvalue weighted by molar-refractivity contribution is 7.20. The number of hydrogen-bond donors (Lipinski definition) is 1. The van der Waals surface area contributed by atoms with Crippen LogP contribution >= 0.6 is 11.3 Å². The average molecular weight is 341 g/mol. The normalized spacial score (nSPS) is 15.9. The molecule has 0 atom stereocenters. The van der Waals surface area contributed by atoms with Crippen LogP contribution in [-0.2, 0) is 0 Å². The number of hydrogen-bond acceptors (Lipinski definition) is 4. The fourth-order valence-corrected chi connectivity index (χ4v) is 3.49. The number of halogens is 2. The van der Waals surface area contributed by atoms with Crippen LogP contribution in [0.2, 0.25) is 0 Å². The molecule has 1 aromatic heterocycles. The Hall–Kier alpha value is -1.96. The minimum atomic E-state index is -0.683. The van der Waals surface area contributed by atoms with Crippen molar-refractivity contribution in [3.05, 3.63) is 23.8 Å². The van der Waals surface area contributed by atoms with Gasteiger partial charge in [-0.25, -0.2) is 13.6 Å². The predicted octanol–water partition coefficient (Wildman–Crippen LogP) is 3.15. The number of benzene rings is 1. The summed E-state index contributed by atoms with van der Waals surface area (Å²) in [5.74, 6) is -1.31. The Morgan fingerprint density at radius 3 is 2.87 bits per heavy atom. The van der Waals surface area contributed by atoms with Crippen LogP contribution in [-0.4, -0.2) is 41.7 Å². The van der Waals surface area contributed by atoms with Crippen molar-refractivity contribution in [1.29, 1.82) is 0 Å². The van der Waals surface area contributed by atoms with Crippen LogP contribution < -0.4 is 10.1 Å². The number of ether oxygens (including phenoxy) is 1. The number of aromatic nitrogens is 1. The highest BCUT2D eigenvalue weighted by Gasteiger charge is 2.24. The van der Waals surface area contributed by atoms with E-state index in [9.17, 15) is 13.6 Å². The molecule has 2 amide bonds. The van der Waals surface area contributed by atoms with Crippen LogP contribution in [0.3, 0.4) is 0 Å². The maximum Gasteiger partial charge on any atom is 0.317 e. The first kappa shape index (κ1) is 15.9. The van der Waals surface area contributed by atoms with E-state index in [4.69, 9.17) is 4.74 Å². The average Bonchev–Trinajstić information content (AvgIpc) is 2.91. The van der Waals surface area contributed by atoms with Gasteiger partial charge in [-0.05, 0) is 13.0 Å². The summed E-state index contributed by atoms with van der Waals surface area (Å²) in [6.45, 7) is 3.68. The van der Waals surface area contributed by atoms with Crippen LogP contribution in [0.5, 0.6) is 5.19 Å². The zero-order valence-electron chi connectivity index (χ0n) is 12.6. The monoisotopic (exact) mass is 341 g/mol. The summed E-state index contributed by atoms with van der Waals surface area (Å²) < 4.78 is 33.1. The number of nitrogens with one attached hydrogen (secondary N) is 1. The van der Waals surface area contributed by atoms with Crippen LogP contribution in [0, 0.1) is 11.6 Å². The number of nitrogens with zero attached hydrogens (tertiary/aromatic N) is 2. The van der Waals surface area contributed by atoms with Gasteiger partial charge >= 0.3 is 6.03 Å². The number of rotatable bonds is 3. The van der Waals surface area contributed by atoms with Gasteiger partial charge in [0.2, 0.25) is 0 Å². The molecule has 8 heteroatoms. The Bertz CT molecular complexity index is 714. The van der Waals surface area contributed by atoms with Gasteiger partial charge in [0, 0.05) is 38.5 Å². The fourth-order valence-electron chi connectivity index (χ4n) is 2.57. The number of fused-ring (bicyclic) bond motifs is 1. The highest BCUT2D eigenvalue weighted by Crippen LogP contribution is 2.31. The van der Waals surface area contributed by atoms with Crippen molar-refractivity contribution in [2.45, 2.75) is 25.9 Å². The van der Waals surface area contributed by atoms with Crippen molar-refractivity contribution in [3.8, 4) is 5.19 Å². The van der Waals surface area contributed by atoms with Crippen molar-refractivity contribution in [2.75, 3.05) is 19.6 Å². The molecular weight excluding hydrogens is 324 g/mol. The van der Waals surface area contributed by atoms with Crippen molar-refractivity contribution in [2.24, 2.45) is 0 Å². The highest BCUT2D eigenvalue weighted by atomic mass is 32.1. The molecule has 0 spiro atoms. The van der Waals surface area contributed by atoms with Gasteiger partial charge in [0.25, 0.3) is 5.19 Å². The molecular formula is C15H17F2N3O2S. The first-order chi connectivity index (χ1) is 11.1. The number of urea groups is 1. The zero-order valence-corrected chi connectivity index (χ0v) is 13.5. The van der Waals surface area contributed by atoms with E-state index in [2.05, 4.69) is 10.3 Å². The van der Waals surface area contributed by atoms with E-state index in [0.717, 1.165) is 17.4 Å². The van der Waals surface area contributed by atoms with E-state index in [-0.39, 0.29) is 17.7 Å². The van der Waals surface area contributed by atoms with E-state index in [1.54, 1.807) is 4.90 Å². The smallest absolute Gasteiger partial charge is 0.317 e. The number of piperidine rings is 1. The summed E-state index contributed by atoms with van der Waals surface area (Å²) in [5, 5.41) is 3.10. The number of likely N-dealkylation sites (tertiary alicyclic amines) is 1. The lowest BCUT2D eigenvalue weighted by Crippen LogP contribution is -2.46.